The highest BCUT2D eigenvalue weighted by Gasteiger charge is 2.05. The predicted molar refractivity (Wildman–Crippen MR) is 84.8 cm³/mol. The standard InChI is InChI=1S/C15H18N4OS/c1-10-9-11(2)17-14(16-10)21-13-7-5-12(6-8-13)18-15(20)19(3)4/h5-9H,1-4H3,(H,18,20). The van der Waals surface area contributed by atoms with Crippen LogP contribution < -0.4 is 5.32 Å². The zero-order valence-electron chi connectivity index (χ0n) is 12.5. The Morgan fingerprint density at radius 2 is 1.67 bits per heavy atom. The lowest BCUT2D eigenvalue weighted by Crippen LogP contribution is -2.27. The molecule has 0 spiro atoms. The summed E-state index contributed by atoms with van der Waals surface area (Å²) in [6.45, 7) is 3.91. The van der Waals surface area contributed by atoms with Gasteiger partial charge in [0.25, 0.3) is 0 Å². The fraction of sp³-hybridized carbons (Fsp3) is 0.267. The van der Waals surface area contributed by atoms with Crippen LogP contribution in [0.25, 0.3) is 0 Å². The molecule has 2 amide bonds. The van der Waals surface area contributed by atoms with Gasteiger partial charge in [-0.05, 0) is 55.9 Å². The topological polar surface area (TPSA) is 58.1 Å². The number of nitrogens with one attached hydrogen (secondary N) is 1. The van der Waals surface area contributed by atoms with Crippen molar-refractivity contribution in [3.63, 3.8) is 0 Å². The van der Waals surface area contributed by atoms with E-state index in [4.69, 9.17) is 0 Å². The molecule has 0 unspecified atom stereocenters. The van der Waals surface area contributed by atoms with E-state index in [1.54, 1.807) is 14.1 Å². The minimum atomic E-state index is -0.145. The third-order valence-corrected chi connectivity index (χ3v) is 3.56. The van der Waals surface area contributed by atoms with Gasteiger partial charge in [0, 0.05) is 36.1 Å². The minimum Gasteiger partial charge on any atom is -0.331 e. The Balaban J connectivity index is 2.07. The number of rotatable bonds is 3. The summed E-state index contributed by atoms with van der Waals surface area (Å²) >= 11 is 1.50. The minimum absolute atomic E-state index is 0.145. The molecule has 5 nitrogen and oxygen atoms in total. The molecule has 0 aliphatic rings. The lowest BCUT2D eigenvalue weighted by atomic mass is 10.3. The molecule has 0 saturated heterocycles. The fourth-order valence-corrected chi connectivity index (χ4v) is 2.55. The number of benzene rings is 1. The van der Waals surface area contributed by atoms with Gasteiger partial charge in [0.2, 0.25) is 0 Å². The molecule has 0 fully saturated rings. The van der Waals surface area contributed by atoms with Crippen LogP contribution in [-0.2, 0) is 0 Å². The molecule has 110 valence electrons. The zero-order valence-corrected chi connectivity index (χ0v) is 13.4. The summed E-state index contributed by atoms with van der Waals surface area (Å²) < 4.78 is 0. The van der Waals surface area contributed by atoms with Crippen LogP contribution in [0.2, 0.25) is 0 Å². The maximum absolute atomic E-state index is 11.6. The highest BCUT2D eigenvalue weighted by Crippen LogP contribution is 2.26. The number of carbonyl (C=O) groups is 1. The number of amides is 2. The van der Waals surface area contributed by atoms with Gasteiger partial charge in [-0.15, -0.1) is 0 Å². The van der Waals surface area contributed by atoms with Gasteiger partial charge in [0.15, 0.2) is 5.16 Å². The molecular weight excluding hydrogens is 284 g/mol. The SMILES string of the molecule is Cc1cc(C)nc(Sc2ccc(NC(=O)N(C)C)cc2)n1. The highest BCUT2D eigenvalue weighted by atomic mass is 32.2. The van der Waals surface area contributed by atoms with Gasteiger partial charge < -0.3 is 10.2 Å². The third kappa shape index (κ3) is 4.46. The quantitative estimate of drug-likeness (QED) is 0.883. The molecule has 21 heavy (non-hydrogen) atoms. The largest absolute Gasteiger partial charge is 0.331 e. The van der Waals surface area contributed by atoms with Crippen LogP contribution in [-0.4, -0.2) is 35.0 Å². The Morgan fingerprint density at radius 3 is 2.19 bits per heavy atom. The van der Waals surface area contributed by atoms with Gasteiger partial charge in [-0.25, -0.2) is 14.8 Å². The second kappa shape index (κ2) is 6.58. The molecule has 1 aromatic carbocycles. The van der Waals surface area contributed by atoms with Crippen LogP contribution in [0.15, 0.2) is 40.4 Å². The molecule has 0 atom stereocenters. The van der Waals surface area contributed by atoms with E-state index in [1.165, 1.54) is 16.7 Å². The van der Waals surface area contributed by atoms with Gasteiger partial charge in [0.1, 0.15) is 0 Å². The molecule has 6 heteroatoms. The number of hydrogen-bond acceptors (Lipinski definition) is 4. The van der Waals surface area contributed by atoms with Crippen LogP contribution in [0.3, 0.4) is 0 Å². The van der Waals surface area contributed by atoms with E-state index in [0.717, 1.165) is 27.1 Å². The molecule has 1 aromatic heterocycles. The van der Waals surface area contributed by atoms with Crippen molar-refractivity contribution in [2.45, 2.75) is 23.9 Å². The van der Waals surface area contributed by atoms with Crippen molar-refractivity contribution in [1.29, 1.82) is 0 Å². The fourth-order valence-electron chi connectivity index (χ4n) is 1.69. The van der Waals surface area contributed by atoms with E-state index in [2.05, 4.69) is 15.3 Å². The summed E-state index contributed by atoms with van der Waals surface area (Å²) in [6.07, 6.45) is 0. The predicted octanol–water partition coefficient (Wildman–Crippen LogP) is 3.34. The Labute approximate surface area is 128 Å². The van der Waals surface area contributed by atoms with Crippen molar-refractivity contribution < 1.29 is 4.79 Å². The van der Waals surface area contributed by atoms with Crippen LogP contribution in [0.4, 0.5) is 10.5 Å². The molecule has 2 rings (SSSR count). The van der Waals surface area contributed by atoms with Gasteiger partial charge >= 0.3 is 6.03 Å². The first-order chi connectivity index (χ1) is 9.94. The number of carbonyl (C=O) groups excluding carboxylic acids is 1. The Kier molecular flexibility index (Phi) is 4.80. The van der Waals surface area contributed by atoms with Crippen LogP contribution in [0.1, 0.15) is 11.4 Å². The van der Waals surface area contributed by atoms with E-state index >= 15 is 0 Å². The maximum Gasteiger partial charge on any atom is 0.321 e. The second-order valence-corrected chi connectivity index (χ2v) is 5.92. The van der Waals surface area contributed by atoms with Gasteiger partial charge in [-0.3, -0.25) is 0 Å². The summed E-state index contributed by atoms with van der Waals surface area (Å²) in [7, 11) is 3.41. The number of anilines is 1. The molecule has 1 heterocycles. The normalized spacial score (nSPS) is 10.3. The lowest BCUT2D eigenvalue weighted by Gasteiger charge is -2.12. The summed E-state index contributed by atoms with van der Waals surface area (Å²) in [4.78, 5) is 22.9. The second-order valence-electron chi connectivity index (χ2n) is 4.88. The molecule has 0 bridgehead atoms. The Bertz CT molecular complexity index is 620. The molecule has 0 aliphatic carbocycles. The summed E-state index contributed by atoms with van der Waals surface area (Å²) in [5.74, 6) is 0. The maximum atomic E-state index is 11.6. The average Bonchev–Trinajstić information content (AvgIpc) is 2.39. The summed E-state index contributed by atoms with van der Waals surface area (Å²) in [6, 6.07) is 9.42. The number of aryl methyl sites for hydroxylation is 2. The highest BCUT2D eigenvalue weighted by molar-refractivity contribution is 7.99. The Hall–Kier alpha value is -2.08. The van der Waals surface area contributed by atoms with Crippen molar-refractivity contribution in [2.75, 3.05) is 19.4 Å². The van der Waals surface area contributed by atoms with Crippen molar-refractivity contribution in [1.82, 2.24) is 14.9 Å². The summed E-state index contributed by atoms with van der Waals surface area (Å²) in [5, 5.41) is 3.53. The van der Waals surface area contributed by atoms with E-state index in [9.17, 15) is 4.79 Å². The smallest absolute Gasteiger partial charge is 0.321 e. The number of nitrogens with zero attached hydrogens (tertiary/aromatic N) is 3. The first kappa shape index (κ1) is 15.3. The van der Waals surface area contributed by atoms with Gasteiger partial charge in [0.05, 0.1) is 0 Å². The number of hydrogen-bond donors (Lipinski definition) is 1. The van der Waals surface area contributed by atoms with Crippen molar-refractivity contribution in [2.24, 2.45) is 0 Å². The van der Waals surface area contributed by atoms with E-state index < -0.39 is 0 Å². The van der Waals surface area contributed by atoms with Crippen LogP contribution in [0, 0.1) is 13.8 Å². The van der Waals surface area contributed by atoms with Crippen molar-refractivity contribution in [3.8, 4) is 0 Å². The zero-order chi connectivity index (χ0) is 15.4. The first-order valence-electron chi connectivity index (χ1n) is 6.52. The lowest BCUT2D eigenvalue weighted by molar-refractivity contribution is 0.230. The van der Waals surface area contributed by atoms with Crippen molar-refractivity contribution >= 4 is 23.5 Å². The molecule has 0 saturated carbocycles. The molecule has 1 N–H and O–H groups in total. The Morgan fingerprint density at radius 1 is 1.10 bits per heavy atom. The monoisotopic (exact) mass is 302 g/mol. The van der Waals surface area contributed by atoms with Gasteiger partial charge in [-0.2, -0.15) is 0 Å². The summed E-state index contributed by atoms with van der Waals surface area (Å²) in [5.41, 5.74) is 2.68. The van der Waals surface area contributed by atoms with Gasteiger partial charge in [-0.1, -0.05) is 0 Å². The first-order valence-corrected chi connectivity index (χ1v) is 7.34. The van der Waals surface area contributed by atoms with E-state index in [0.29, 0.717) is 0 Å². The third-order valence-electron chi connectivity index (χ3n) is 2.68. The van der Waals surface area contributed by atoms with Crippen LogP contribution >= 0.6 is 11.8 Å². The molecule has 2 aromatic rings. The van der Waals surface area contributed by atoms with Crippen molar-refractivity contribution in [3.05, 3.63) is 41.7 Å². The van der Waals surface area contributed by atoms with E-state index in [1.807, 2.05) is 44.2 Å². The van der Waals surface area contributed by atoms with Crippen LogP contribution in [0.5, 0.6) is 0 Å². The van der Waals surface area contributed by atoms with E-state index in [-0.39, 0.29) is 6.03 Å². The molecule has 0 radical (unpaired) electrons. The molecular formula is C15H18N4OS. The number of urea groups is 1. The number of aromatic nitrogens is 2. The average molecular weight is 302 g/mol. The molecule has 0 aliphatic heterocycles.